The van der Waals surface area contributed by atoms with Gasteiger partial charge in [0.05, 0.1) is 29.3 Å². The van der Waals surface area contributed by atoms with Crippen LogP contribution < -0.4 is 4.90 Å². The number of imidazole rings is 1. The van der Waals surface area contributed by atoms with Crippen LogP contribution in [-0.2, 0) is 7.05 Å². The number of aryl methyl sites for hydroxylation is 1. The highest BCUT2D eigenvalue weighted by molar-refractivity contribution is 6.33. The number of rotatable bonds is 4. The number of hydrogen-bond acceptors (Lipinski definition) is 5. The summed E-state index contributed by atoms with van der Waals surface area (Å²) in [4.78, 5) is 11.4. The van der Waals surface area contributed by atoms with Crippen molar-refractivity contribution in [1.29, 1.82) is 0 Å². The van der Waals surface area contributed by atoms with Gasteiger partial charge < -0.3 is 19.7 Å². The Kier molecular flexibility index (Phi) is 4.61. The summed E-state index contributed by atoms with van der Waals surface area (Å²) in [7, 11) is 1.97. The van der Waals surface area contributed by atoms with Crippen molar-refractivity contribution < 1.29 is 10.2 Å². The fourth-order valence-corrected chi connectivity index (χ4v) is 4.27. The predicted octanol–water partition coefficient (Wildman–Crippen LogP) is 3.11. The summed E-state index contributed by atoms with van der Waals surface area (Å²) < 4.78 is 2.03. The van der Waals surface area contributed by atoms with E-state index in [0.717, 1.165) is 28.2 Å². The van der Waals surface area contributed by atoms with Crippen LogP contribution in [0.5, 0.6) is 0 Å². The summed E-state index contributed by atoms with van der Waals surface area (Å²) in [5.41, 5.74) is 1.93. The van der Waals surface area contributed by atoms with Gasteiger partial charge in [0, 0.05) is 42.7 Å². The molecule has 7 heteroatoms. The van der Waals surface area contributed by atoms with Crippen molar-refractivity contribution in [2.24, 2.45) is 17.9 Å². The SMILES string of the molecule is Cn1c(-c2cc(N3C[C@](C)(CO)[C@](C)(CO)C3)ncc2Cl)nc2ccccc21. The molecule has 2 aromatic heterocycles. The number of aliphatic hydroxyl groups is 2. The molecule has 2 N–H and O–H groups in total. The summed E-state index contributed by atoms with van der Waals surface area (Å²) in [6, 6.07) is 9.91. The number of hydrogen-bond donors (Lipinski definition) is 2. The van der Waals surface area contributed by atoms with Crippen molar-refractivity contribution in [3.05, 3.63) is 41.6 Å². The summed E-state index contributed by atoms with van der Waals surface area (Å²) in [5.74, 6) is 1.55. The highest BCUT2D eigenvalue weighted by atomic mass is 35.5. The Morgan fingerprint density at radius 2 is 1.75 bits per heavy atom. The Morgan fingerprint density at radius 1 is 1.11 bits per heavy atom. The van der Waals surface area contributed by atoms with Gasteiger partial charge in [-0.05, 0) is 18.2 Å². The molecule has 1 aliphatic rings. The first-order chi connectivity index (χ1) is 13.3. The highest BCUT2D eigenvalue weighted by Gasteiger charge is 2.51. The van der Waals surface area contributed by atoms with E-state index >= 15 is 0 Å². The quantitative estimate of drug-likeness (QED) is 0.703. The summed E-state index contributed by atoms with van der Waals surface area (Å²) in [5, 5.41) is 20.5. The van der Waals surface area contributed by atoms with E-state index in [0.29, 0.717) is 18.1 Å². The van der Waals surface area contributed by atoms with Gasteiger partial charge >= 0.3 is 0 Å². The normalized spacial score (nSPS) is 25.0. The van der Waals surface area contributed by atoms with Crippen molar-refractivity contribution in [2.75, 3.05) is 31.2 Å². The maximum absolute atomic E-state index is 9.96. The van der Waals surface area contributed by atoms with Crippen LogP contribution in [0.25, 0.3) is 22.4 Å². The van der Waals surface area contributed by atoms with Crippen molar-refractivity contribution in [1.82, 2.24) is 14.5 Å². The van der Waals surface area contributed by atoms with Gasteiger partial charge in [-0.1, -0.05) is 37.6 Å². The molecule has 0 spiro atoms. The number of nitrogens with zero attached hydrogens (tertiary/aromatic N) is 4. The lowest BCUT2D eigenvalue weighted by molar-refractivity contribution is 0.00976. The molecule has 1 aromatic carbocycles. The molecule has 3 aromatic rings. The molecule has 148 valence electrons. The number of fused-ring (bicyclic) bond motifs is 1. The molecule has 4 rings (SSSR count). The van der Waals surface area contributed by atoms with Crippen LogP contribution in [0, 0.1) is 10.8 Å². The molecule has 0 bridgehead atoms. The Bertz CT molecular complexity index is 1020. The maximum Gasteiger partial charge on any atom is 0.142 e. The number of halogens is 1. The van der Waals surface area contributed by atoms with E-state index in [-0.39, 0.29) is 13.2 Å². The molecule has 2 atom stereocenters. The van der Waals surface area contributed by atoms with Crippen molar-refractivity contribution in [3.63, 3.8) is 0 Å². The van der Waals surface area contributed by atoms with Crippen LogP contribution in [0.1, 0.15) is 13.8 Å². The first-order valence-electron chi connectivity index (χ1n) is 9.36. The van der Waals surface area contributed by atoms with Gasteiger partial charge in [0.15, 0.2) is 0 Å². The van der Waals surface area contributed by atoms with Gasteiger partial charge in [0.25, 0.3) is 0 Å². The van der Waals surface area contributed by atoms with E-state index < -0.39 is 10.8 Å². The van der Waals surface area contributed by atoms with E-state index in [1.54, 1.807) is 6.20 Å². The van der Waals surface area contributed by atoms with Crippen LogP contribution in [0.15, 0.2) is 36.5 Å². The number of aliphatic hydroxyl groups excluding tert-OH is 2. The van der Waals surface area contributed by atoms with E-state index in [9.17, 15) is 10.2 Å². The van der Waals surface area contributed by atoms with Crippen molar-refractivity contribution >= 4 is 28.5 Å². The summed E-state index contributed by atoms with van der Waals surface area (Å²) >= 11 is 6.49. The third kappa shape index (κ3) is 2.79. The standard InChI is InChI=1S/C21H25ClN4O2/c1-20(12-27)10-26(11-21(20,2)13-28)18-8-14(15(22)9-23-18)19-24-16-6-4-5-7-17(16)25(19)3/h4-9,27-28H,10-13H2,1-3H3/t20-,21+. The molecular formula is C21H25ClN4O2. The molecule has 0 aliphatic carbocycles. The van der Waals surface area contributed by atoms with Crippen LogP contribution in [0.4, 0.5) is 5.82 Å². The zero-order valence-corrected chi connectivity index (χ0v) is 17.1. The molecule has 0 unspecified atom stereocenters. The molecule has 1 saturated heterocycles. The lowest BCUT2D eigenvalue weighted by Gasteiger charge is -2.36. The summed E-state index contributed by atoms with van der Waals surface area (Å²) in [6.45, 7) is 5.24. The minimum Gasteiger partial charge on any atom is -0.396 e. The minimum atomic E-state index is -0.416. The third-order valence-corrected chi connectivity index (χ3v) is 6.73. The van der Waals surface area contributed by atoms with E-state index in [4.69, 9.17) is 16.6 Å². The number of para-hydroxylation sites is 2. The summed E-state index contributed by atoms with van der Waals surface area (Å²) in [6.07, 6.45) is 1.65. The second-order valence-electron chi connectivity index (χ2n) is 8.30. The van der Waals surface area contributed by atoms with Crippen LogP contribution in [-0.4, -0.2) is 51.1 Å². The Balaban J connectivity index is 1.77. The second-order valence-corrected chi connectivity index (χ2v) is 8.71. The zero-order chi connectivity index (χ0) is 20.1. The average Bonchev–Trinajstić information content (AvgIpc) is 3.18. The first kappa shape index (κ1) is 19.2. The lowest BCUT2D eigenvalue weighted by atomic mass is 9.69. The smallest absolute Gasteiger partial charge is 0.142 e. The third-order valence-electron chi connectivity index (χ3n) is 6.43. The van der Waals surface area contributed by atoms with Gasteiger partial charge in [-0.2, -0.15) is 0 Å². The first-order valence-corrected chi connectivity index (χ1v) is 9.74. The molecule has 0 amide bonds. The van der Waals surface area contributed by atoms with Gasteiger partial charge in [-0.3, -0.25) is 0 Å². The topological polar surface area (TPSA) is 74.4 Å². The molecule has 1 aliphatic heterocycles. The van der Waals surface area contributed by atoms with E-state index in [1.165, 1.54) is 0 Å². The molecule has 28 heavy (non-hydrogen) atoms. The fourth-order valence-electron chi connectivity index (χ4n) is 4.08. The number of benzene rings is 1. The Labute approximate surface area is 169 Å². The van der Waals surface area contributed by atoms with Crippen molar-refractivity contribution in [2.45, 2.75) is 13.8 Å². The monoisotopic (exact) mass is 400 g/mol. The largest absolute Gasteiger partial charge is 0.396 e. The molecule has 0 saturated carbocycles. The van der Waals surface area contributed by atoms with Gasteiger partial charge in [0.1, 0.15) is 11.6 Å². The molecular weight excluding hydrogens is 376 g/mol. The van der Waals surface area contributed by atoms with E-state index in [1.807, 2.05) is 55.8 Å². The van der Waals surface area contributed by atoms with Gasteiger partial charge in [-0.25, -0.2) is 9.97 Å². The van der Waals surface area contributed by atoms with Gasteiger partial charge in [-0.15, -0.1) is 0 Å². The molecule has 6 nitrogen and oxygen atoms in total. The lowest BCUT2D eigenvalue weighted by Crippen LogP contribution is -2.41. The number of pyridine rings is 1. The van der Waals surface area contributed by atoms with Crippen LogP contribution >= 0.6 is 11.6 Å². The molecule has 3 heterocycles. The minimum absolute atomic E-state index is 0.00572. The highest BCUT2D eigenvalue weighted by Crippen LogP contribution is 2.47. The Morgan fingerprint density at radius 3 is 2.36 bits per heavy atom. The molecule has 1 fully saturated rings. The Hall–Kier alpha value is -2.15. The zero-order valence-electron chi connectivity index (χ0n) is 16.4. The number of aromatic nitrogens is 3. The van der Waals surface area contributed by atoms with Gasteiger partial charge in [0.2, 0.25) is 0 Å². The van der Waals surface area contributed by atoms with Crippen LogP contribution in [0.2, 0.25) is 5.02 Å². The van der Waals surface area contributed by atoms with Crippen LogP contribution in [0.3, 0.4) is 0 Å². The fraction of sp³-hybridized carbons (Fsp3) is 0.429. The molecule has 0 radical (unpaired) electrons. The van der Waals surface area contributed by atoms with Crippen molar-refractivity contribution in [3.8, 4) is 11.4 Å². The average molecular weight is 401 g/mol. The predicted molar refractivity (Wildman–Crippen MR) is 112 cm³/mol. The maximum atomic E-state index is 9.96. The number of anilines is 1. The van der Waals surface area contributed by atoms with E-state index in [2.05, 4.69) is 9.88 Å². The second kappa shape index (κ2) is 6.72.